The molecule has 6 heteroatoms. The second-order valence-electron chi connectivity index (χ2n) is 5.18. The Morgan fingerprint density at radius 3 is 2.77 bits per heavy atom. The molecule has 2 rings (SSSR count). The molecule has 0 aromatic carbocycles. The summed E-state index contributed by atoms with van der Waals surface area (Å²) in [5.74, 6) is 0.402. The Kier molecular flexibility index (Phi) is 5.85. The lowest BCUT2D eigenvalue weighted by molar-refractivity contribution is 0.102. The normalized spacial score (nSPS) is 10.5. The van der Waals surface area contributed by atoms with Crippen LogP contribution in [0, 0.1) is 0 Å². The molecule has 0 saturated heterocycles. The van der Waals surface area contributed by atoms with Gasteiger partial charge in [0.1, 0.15) is 5.82 Å². The van der Waals surface area contributed by atoms with Gasteiger partial charge in [0.2, 0.25) is 0 Å². The molecule has 2 aromatic rings. The van der Waals surface area contributed by atoms with Crippen LogP contribution in [0.1, 0.15) is 16.8 Å². The lowest BCUT2D eigenvalue weighted by atomic mass is 10.2. The zero-order chi connectivity index (χ0) is 15.8. The minimum absolute atomic E-state index is 0.198. The van der Waals surface area contributed by atoms with E-state index in [4.69, 9.17) is 0 Å². The third kappa shape index (κ3) is 4.82. The van der Waals surface area contributed by atoms with E-state index in [-0.39, 0.29) is 5.91 Å². The number of carbonyl (C=O) groups is 1. The Labute approximate surface area is 130 Å². The predicted molar refractivity (Wildman–Crippen MR) is 88.1 cm³/mol. The van der Waals surface area contributed by atoms with Gasteiger partial charge in [0.05, 0.1) is 17.4 Å². The lowest BCUT2D eigenvalue weighted by Crippen LogP contribution is -2.19. The molecule has 0 radical (unpaired) electrons. The van der Waals surface area contributed by atoms with Gasteiger partial charge in [-0.15, -0.1) is 0 Å². The molecule has 0 aliphatic heterocycles. The van der Waals surface area contributed by atoms with Crippen LogP contribution in [-0.4, -0.2) is 48.0 Å². The summed E-state index contributed by atoms with van der Waals surface area (Å²) in [5.41, 5.74) is 1.19. The Morgan fingerprint density at radius 2 is 2.05 bits per heavy atom. The van der Waals surface area contributed by atoms with Gasteiger partial charge in [-0.05, 0) is 51.3 Å². The van der Waals surface area contributed by atoms with Crippen molar-refractivity contribution in [1.82, 2.24) is 14.9 Å². The van der Waals surface area contributed by atoms with Gasteiger partial charge in [-0.25, -0.2) is 4.98 Å². The number of amides is 1. The van der Waals surface area contributed by atoms with E-state index < -0.39 is 0 Å². The second kappa shape index (κ2) is 8.09. The quantitative estimate of drug-likeness (QED) is 0.766. The van der Waals surface area contributed by atoms with Gasteiger partial charge in [-0.2, -0.15) is 0 Å². The molecular weight excluding hydrogens is 278 g/mol. The molecule has 2 N–H and O–H groups in total. The van der Waals surface area contributed by atoms with Crippen molar-refractivity contribution in [2.75, 3.05) is 37.8 Å². The average molecular weight is 299 g/mol. The summed E-state index contributed by atoms with van der Waals surface area (Å²) in [5, 5.41) is 6.04. The number of hydrogen-bond acceptors (Lipinski definition) is 5. The molecule has 0 aliphatic rings. The van der Waals surface area contributed by atoms with Crippen molar-refractivity contribution in [2.24, 2.45) is 0 Å². The fourth-order valence-corrected chi connectivity index (χ4v) is 1.97. The Hall–Kier alpha value is -2.47. The summed E-state index contributed by atoms with van der Waals surface area (Å²) < 4.78 is 0. The number of carbonyl (C=O) groups excluding carboxylic acids is 1. The van der Waals surface area contributed by atoms with E-state index in [9.17, 15) is 4.79 Å². The van der Waals surface area contributed by atoms with Gasteiger partial charge in [-0.1, -0.05) is 0 Å². The monoisotopic (exact) mass is 299 g/mol. The van der Waals surface area contributed by atoms with Crippen molar-refractivity contribution >= 4 is 17.4 Å². The summed E-state index contributed by atoms with van der Waals surface area (Å²) >= 11 is 0. The van der Waals surface area contributed by atoms with E-state index in [1.807, 2.05) is 14.1 Å². The predicted octanol–water partition coefficient (Wildman–Crippen LogP) is 2.09. The summed E-state index contributed by atoms with van der Waals surface area (Å²) in [6.45, 7) is 1.75. The molecule has 0 unspecified atom stereocenters. The summed E-state index contributed by atoms with van der Waals surface area (Å²) in [6, 6.07) is 7.08. The van der Waals surface area contributed by atoms with Gasteiger partial charge in [0.15, 0.2) is 0 Å². The SMILES string of the molecule is CN(C)CCCNc1ncccc1C(=O)Nc1cccnc1. The van der Waals surface area contributed by atoms with E-state index >= 15 is 0 Å². The number of nitrogens with one attached hydrogen (secondary N) is 2. The largest absolute Gasteiger partial charge is 0.369 e. The Balaban J connectivity index is 1.99. The molecule has 0 spiro atoms. The molecule has 116 valence electrons. The minimum atomic E-state index is -0.198. The van der Waals surface area contributed by atoms with Crippen molar-refractivity contribution < 1.29 is 4.79 Å². The number of pyridine rings is 2. The molecule has 0 bridgehead atoms. The average Bonchev–Trinajstić information content (AvgIpc) is 2.52. The van der Waals surface area contributed by atoms with Crippen molar-refractivity contribution in [2.45, 2.75) is 6.42 Å². The van der Waals surface area contributed by atoms with Crippen LogP contribution >= 0.6 is 0 Å². The van der Waals surface area contributed by atoms with Crippen LogP contribution in [0.3, 0.4) is 0 Å². The third-order valence-corrected chi connectivity index (χ3v) is 3.05. The highest BCUT2D eigenvalue weighted by Crippen LogP contribution is 2.14. The zero-order valence-corrected chi connectivity index (χ0v) is 12.9. The molecule has 22 heavy (non-hydrogen) atoms. The van der Waals surface area contributed by atoms with Crippen LogP contribution in [0.5, 0.6) is 0 Å². The summed E-state index contributed by atoms with van der Waals surface area (Å²) in [4.78, 5) is 22.7. The Morgan fingerprint density at radius 1 is 1.23 bits per heavy atom. The van der Waals surface area contributed by atoms with Crippen LogP contribution in [0.4, 0.5) is 11.5 Å². The van der Waals surface area contributed by atoms with Gasteiger partial charge >= 0.3 is 0 Å². The molecule has 0 saturated carbocycles. The van der Waals surface area contributed by atoms with Crippen LogP contribution in [0.2, 0.25) is 0 Å². The smallest absolute Gasteiger partial charge is 0.259 e. The first-order chi connectivity index (χ1) is 10.7. The fourth-order valence-electron chi connectivity index (χ4n) is 1.97. The van der Waals surface area contributed by atoms with E-state index in [2.05, 4.69) is 25.5 Å². The maximum atomic E-state index is 12.3. The first-order valence-electron chi connectivity index (χ1n) is 7.22. The van der Waals surface area contributed by atoms with Crippen molar-refractivity contribution in [3.63, 3.8) is 0 Å². The third-order valence-electron chi connectivity index (χ3n) is 3.05. The number of nitrogens with zero attached hydrogens (tertiary/aromatic N) is 3. The van der Waals surface area contributed by atoms with Crippen molar-refractivity contribution in [1.29, 1.82) is 0 Å². The van der Waals surface area contributed by atoms with Gasteiger partial charge < -0.3 is 15.5 Å². The first-order valence-corrected chi connectivity index (χ1v) is 7.22. The second-order valence-corrected chi connectivity index (χ2v) is 5.18. The molecule has 2 heterocycles. The molecule has 1 amide bonds. The van der Waals surface area contributed by atoms with Gasteiger partial charge in [-0.3, -0.25) is 9.78 Å². The molecular formula is C16H21N5O. The van der Waals surface area contributed by atoms with Crippen molar-refractivity contribution in [3.05, 3.63) is 48.4 Å². The van der Waals surface area contributed by atoms with Gasteiger partial charge in [0.25, 0.3) is 5.91 Å². The first kappa shape index (κ1) is 15.9. The highest BCUT2D eigenvalue weighted by Gasteiger charge is 2.12. The van der Waals surface area contributed by atoms with E-state index in [1.54, 1.807) is 42.9 Å². The van der Waals surface area contributed by atoms with Crippen LogP contribution < -0.4 is 10.6 Å². The highest BCUT2D eigenvalue weighted by molar-refractivity contribution is 6.07. The number of aromatic nitrogens is 2. The van der Waals surface area contributed by atoms with Crippen LogP contribution in [0.15, 0.2) is 42.9 Å². The number of rotatable bonds is 7. The fraction of sp³-hybridized carbons (Fsp3) is 0.312. The van der Waals surface area contributed by atoms with Crippen LogP contribution in [0.25, 0.3) is 0 Å². The topological polar surface area (TPSA) is 70.2 Å². The summed E-state index contributed by atoms with van der Waals surface area (Å²) in [7, 11) is 4.07. The molecule has 6 nitrogen and oxygen atoms in total. The molecule has 2 aromatic heterocycles. The van der Waals surface area contributed by atoms with E-state index in [1.165, 1.54) is 0 Å². The maximum absolute atomic E-state index is 12.3. The van der Waals surface area contributed by atoms with E-state index in [0.717, 1.165) is 19.5 Å². The maximum Gasteiger partial charge on any atom is 0.259 e. The van der Waals surface area contributed by atoms with Crippen LogP contribution in [-0.2, 0) is 0 Å². The van der Waals surface area contributed by atoms with Crippen molar-refractivity contribution in [3.8, 4) is 0 Å². The molecule has 0 fully saturated rings. The standard InChI is InChI=1S/C16H21N5O/c1-21(2)11-5-10-19-15-14(7-4-9-18-15)16(22)20-13-6-3-8-17-12-13/h3-4,6-9,12H,5,10-11H2,1-2H3,(H,18,19)(H,20,22). The molecule has 0 atom stereocenters. The molecule has 0 aliphatic carbocycles. The zero-order valence-electron chi connectivity index (χ0n) is 12.9. The lowest BCUT2D eigenvalue weighted by Gasteiger charge is -2.12. The number of anilines is 2. The Bertz CT molecular complexity index is 600. The van der Waals surface area contributed by atoms with E-state index in [0.29, 0.717) is 17.1 Å². The number of hydrogen-bond donors (Lipinski definition) is 2. The highest BCUT2D eigenvalue weighted by atomic mass is 16.1. The minimum Gasteiger partial charge on any atom is -0.369 e. The van der Waals surface area contributed by atoms with Gasteiger partial charge in [0, 0.05) is 18.9 Å². The summed E-state index contributed by atoms with van der Waals surface area (Å²) in [6.07, 6.45) is 5.93.